The van der Waals surface area contributed by atoms with Crippen molar-refractivity contribution >= 4 is 11.8 Å². The molecule has 2 aliphatic rings. The number of nitrogens with one attached hydrogen (secondary N) is 1. The molecule has 1 aliphatic carbocycles. The molecule has 1 N–H and O–H groups in total. The summed E-state index contributed by atoms with van der Waals surface area (Å²) in [5, 5.41) is 2.86. The van der Waals surface area contributed by atoms with Crippen molar-refractivity contribution in [3.05, 3.63) is 35.9 Å². The molecule has 1 heterocycles. The molecule has 4 heteroatoms. The van der Waals surface area contributed by atoms with Crippen LogP contribution in [0.15, 0.2) is 30.3 Å². The van der Waals surface area contributed by atoms with Crippen molar-refractivity contribution in [3.63, 3.8) is 0 Å². The third-order valence-corrected chi connectivity index (χ3v) is 4.76. The maximum Gasteiger partial charge on any atom is 0.249 e. The molecule has 21 heavy (non-hydrogen) atoms. The summed E-state index contributed by atoms with van der Waals surface area (Å²) in [6.07, 6.45) is 1.55. The molecular formula is C17H22N2O2. The number of rotatable bonds is 3. The lowest BCUT2D eigenvalue weighted by molar-refractivity contribution is -0.134. The zero-order valence-electron chi connectivity index (χ0n) is 12.6. The van der Waals surface area contributed by atoms with E-state index in [0.717, 1.165) is 18.5 Å². The van der Waals surface area contributed by atoms with Crippen molar-refractivity contribution in [1.29, 1.82) is 0 Å². The molecule has 1 saturated carbocycles. The monoisotopic (exact) mass is 286 g/mol. The normalized spacial score (nSPS) is 28.0. The zero-order chi connectivity index (χ0) is 15.0. The van der Waals surface area contributed by atoms with Gasteiger partial charge in [0, 0.05) is 19.5 Å². The summed E-state index contributed by atoms with van der Waals surface area (Å²) in [6, 6.07) is 8.96. The molecule has 2 unspecified atom stereocenters. The van der Waals surface area contributed by atoms with E-state index in [4.69, 9.17) is 0 Å². The lowest BCUT2D eigenvalue weighted by atomic mass is 10.1. The van der Waals surface area contributed by atoms with E-state index in [1.807, 2.05) is 35.2 Å². The van der Waals surface area contributed by atoms with E-state index in [1.165, 1.54) is 0 Å². The minimum absolute atomic E-state index is 0.0229. The van der Waals surface area contributed by atoms with E-state index in [1.54, 1.807) is 0 Å². The molecule has 4 nitrogen and oxygen atoms in total. The van der Waals surface area contributed by atoms with Gasteiger partial charge in [0.1, 0.15) is 6.04 Å². The smallest absolute Gasteiger partial charge is 0.249 e. The summed E-state index contributed by atoms with van der Waals surface area (Å²) in [6.45, 7) is 5.76. The van der Waals surface area contributed by atoms with Gasteiger partial charge in [-0.05, 0) is 23.3 Å². The summed E-state index contributed by atoms with van der Waals surface area (Å²) in [5.74, 6) is 0.538. The molecule has 0 spiro atoms. The van der Waals surface area contributed by atoms with Crippen molar-refractivity contribution in [1.82, 2.24) is 10.2 Å². The van der Waals surface area contributed by atoms with Crippen LogP contribution >= 0.6 is 0 Å². The Morgan fingerprint density at radius 2 is 1.90 bits per heavy atom. The number of nitrogens with zero attached hydrogens (tertiary/aromatic N) is 1. The van der Waals surface area contributed by atoms with Crippen LogP contribution in [0.4, 0.5) is 0 Å². The van der Waals surface area contributed by atoms with E-state index in [0.29, 0.717) is 24.3 Å². The lowest BCUT2D eigenvalue weighted by Crippen LogP contribution is -2.39. The third kappa shape index (κ3) is 2.94. The summed E-state index contributed by atoms with van der Waals surface area (Å²) in [7, 11) is 0. The lowest BCUT2D eigenvalue weighted by Gasteiger charge is -2.25. The second kappa shape index (κ2) is 5.17. The van der Waals surface area contributed by atoms with Gasteiger partial charge in [-0.3, -0.25) is 9.59 Å². The topological polar surface area (TPSA) is 49.4 Å². The number of hydrogen-bond acceptors (Lipinski definition) is 2. The Kier molecular flexibility index (Phi) is 3.47. The fourth-order valence-electron chi connectivity index (χ4n) is 3.03. The standard InChI is InChI=1S/C17H22N2O2/c1-17(2)10-13(17)11-19-9-8-14(20)18-15(16(19)21)12-6-4-3-5-7-12/h3-7,13,15H,8-11H2,1-2H3,(H,18,20). The molecule has 1 aromatic carbocycles. The van der Waals surface area contributed by atoms with Gasteiger partial charge in [-0.25, -0.2) is 0 Å². The second-order valence-electron chi connectivity index (χ2n) is 6.84. The van der Waals surface area contributed by atoms with E-state index in [9.17, 15) is 9.59 Å². The maximum atomic E-state index is 12.8. The van der Waals surface area contributed by atoms with Gasteiger partial charge in [0.2, 0.25) is 11.8 Å². The molecular weight excluding hydrogens is 264 g/mol. The number of hydrogen-bond donors (Lipinski definition) is 1. The van der Waals surface area contributed by atoms with Crippen LogP contribution < -0.4 is 5.32 Å². The number of carbonyl (C=O) groups excluding carboxylic acids is 2. The first kappa shape index (κ1) is 14.1. The largest absolute Gasteiger partial charge is 0.340 e. The van der Waals surface area contributed by atoms with Gasteiger partial charge in [0.15, 0.2) is 0 Å². The van der Waals surface area contributed by atoms with Gasteiger partial charge in [0.05, 0.1) is 0 Å². The summed E-state index contributed by atoms with van der Waals surface area (Å²) < 4.78 is 0. The Morgan fingerprint density at radius 1 is 1.24 bits per heavy atom. The molecule has 2 fully saturated rings. The summed E-state index contributed by atoms with van der Waals surface area (Å²) >= 11 is 0. The van der Waals surface area contributed by atoms with Crippen LogP contribution in [0.2, 0.25) is 0 Å². The average molecular weight is 286 g/mol. The zero-order valence-corrected chi connectivity index (χ0v) is 12.6. The van der Waals surface area contributed by atoms with Crippen LogP contribution in [0.5, 0.6) is 0 Å². The van der Waals surface area contributed by atoms with Crippen LogP contribution in [0, 0.1) is 11.3 Å². The second-order valence-corrected chi connectivity index (χ2v) is 6.84. The maximum absolute atomic E-state index is 12.8. The van der Waals surface area contributed by atoms with Crippen LogP contribution in [-0.2, 0) is 9.59 Å². The summed E-state index contributed by atoms with van der Waals surface area (Å²) in [5.41, 5.74) is 1.20. The Bertz CT molecular complexity index is 553. The fraction of sp³-hybridized carbons (Fsp3) is 0.529. The highest BCUT2D eigenvalue weighted by atomic mass is 16.2. The Balaban J connectivity index is 1.79. The van der Waals surface area contributed by atoms with Gasteiger partial charge >= 0.3 is 0 Å². The van der Waals surface area contributed by atoms with Crippen LogP contribution in [0.3, 0.4) is 0 Å². The summed E-state index contributed by atoms with van der Waals surface area (Å²) in [4.78, 5) is 26.5. The van der Waals surface area contributed by atoms with E-state index in [-0.39, 0.29) is 11.8 Å². The first-order chi connectivity index (χ1) is 9.97. The Morgan fingerprint density at radius 3 is 2.52 bits per heavy atom. The Labute approximate surface area is 125 Å². The van der Waals surface area contributed by atoms with Crippen molar-refractivity contribution in [2.45, 2.75) is 32.7 Å². The number of carbonyl (C=O) groups is 2. The van der Waals surface area contributed by atoms with Gasteiger partial charge < -0.3 is 10.2 Å². The van der Waals surface area contributed by atoms with Crippen LogP contribution in [0.1, 0.15) is 38.3 Å². The van der Waals surface area contributed by atoms with Gasteiger partial charge in [-0.1, -0.05) is 44.2 Å². The van der Waals surface area contributed by atoms with Crippen molar-refractivity contribution in [2.24, 2.45) is 11.3 Å². The highest BCUT2D eigenvalue weighted by Crippen LogP contribution is 2.52. The molecule has 0 radical (unpaired) electrons. The van der Waals surface area contributed by atoms with Crippen molar-refractivity contribution in [3.8, 4) is 0 Å². The first-order valence-corrected chi connectivity index (χ1v) is 7.60. The molecule has 1 aliphatic heterocycles. The molecule has 3 rings (SSSR count). The van der Waals surface area contributed by atoms with E-state index in [2.05, 4.69) is 19.2 Å². The molecule has 1 saturated heterocycles. The molecule has 2 amide bonds. The van der Waals surface area contributed by atoms with Crippen LogP contribution in [-0.4, -0.2) is 29.8 Å². The minimum Gasteiger partial charge on any atom is -0.340 e. The Hall–Kier alpha value is -1.84. The third-order valence-electron chi connectivity index (χ3n) is 4.76. The van der Waals surface area contributed by atoms with E-state index < -0.39 is 6.04 Å². The van der Waals surface area contributed by atoms with Gasteiger partial charge in [-0.2, -0.15) is 0 Å². The predicted octanol–water partition coefficient (Wildman–Crippen LogP) is 2.12. The number of amides is 2. The van der Waals surface area contributed by atoms with E-state index >= 15 is 0 Å². The molecule has 1 aromatic rings. The van der Waals surface area contributed by atoms with Crippen molar-refractivity contribution < 1.29 is 9.59 Å². The molecule has 0 bridgehead atoms. The SMILES string of the molecule is CC1(C)CC1CN1CCC(=O)NC(c2ccccc2)C1=O. The van der Waals surface area contributed by atoms with Crippen LogP contribution in [0.25, 0.3) is 0 Å². The highest BCUT2D eigenvalue weighted by Gasteiger charge is 2.47. The number of benzene rings is 1. The first-order valence-electron chi connectivity index (χ1n) is 7.60. The highest BCUT2D eigenvalue weighted by molar-refractivity contribution is 5.90. The van der Waals surface area contributed by atoms with Gasteiger partial charge in [-0.15, -0.1) is 0 Å². The quantitative estimate of drug-likeness (QED) is 0.925. The molecule has 112 valence electrons. The fourth-order valence-corrected chi connectivity index (χ4v) is 3.03. The van der Waals surface area contributed by atoms with Gasteiger partial charge in [0.25, 0.3) is 0 Å². The van der Waals surface area contributed by atoms with Crippen molar-refractivity contribution in [2.75, 3.05) is 13.1 Å². The average Bonchev–Trinajstić information content (AvgIpc) is 3.10. The molecule has 2 atom stereocenters. The molecule has 0 aromatic heterocycles. The predicted molar refractivity (Wildman–Crippen MR) is 80.4 cm³/mol. The minimum atomic E-state index is -0.539.